The first-order valence-corrected chi connectivity index (χ1v) is 6.20. The molecule has 0 fully saturated rings. The molecule has 0 amide bonds. The van der Waals surface area contributed by atoms with E-state index >= 15 is 0 Å². The predicted molar refractivity (Wildman–Crippen MR) is 75.0 cm³/mol. The first-order valence-electron chi connectivity index (χ1n) is 6.20. The molecule has 0 atom stereocenters. The number of nitrogens with zero attached hydrogens (tertiary/aromatic N) is 3. The van der Waals surface area contributed by atoms with E-state index in [1.54, 1.807) is 23.2 Å². The van der Waals surface area contributed by atoms with Crippen molar-refractivity contribution in [2.45, 2.75) is 6.92 Å². The van der Waals surface area contributed by atoms with Gasteiger partial charge in [0.25, 0.3) is 0 Å². The zero-order valence-electron chi connectivity index (χ0n) is 11.2. The van der Waals surface area contributed by atoms with E-state index in [2.05, 4.69) is 10.1 Å². The van der Waals surface area contributed by atoms with E-state index < -0.39 is 5.97 Å². The van der Waals surface area contributed by atoms with Gasteiger partial charge in [-0.1, -0.05) is 17.7 Å². The third kappa shape index (κ3) is 2.38. The monoisotopic (exact) mass is 267 g/mol. The minimum atomic E-state index is -0.439. The van der Waals surface area contributed by atoms with Gasteiger partial charge >= 0.3 is 5.97 Å². The molecule has 0 bridgehead atoms. The van der Waals surface area contributed by atoms with E-state index in [1.807, 2.05) is 38.2 Å². The van der Waals surface area contributed by atoms with Crippen molar-refractivity contribution in [3.05, 3.63) is 59.0 Å². The summed E-state index contributed by atoms with van der Waals surface area (Å²) in [4.78, 5) is 16.1. The number of esters is 1. The first kappa shape index (κ1) is 12.3. The number of aryl methyl sites for hydroxylation is 2. The molecule has 5 nitrogen and oxygen atoms in total. The van der Waals surface area contributed by atoms with Gasteiger partial charge in [0.05, 0.1) is 6.20 Å². The molecule has 2 aromatic rings. The molecule has 2 heterocycles. The van der Waals surface area contributed by atoms with Gasteiger partial charge in [0.2, 0.25) is 5.90 Å². The second-order valence-electron chi connectivity index (χ2n) is 4.65. The summed E-state index contributed by atoms with van der Waals surface area (Å²) in [7, 11) is 1.82. The molecule has 0 radical (unpaired) electrons. The van der Waals surface area contributed by atoms with Crippen LogP contribution in [0.15, 0.2) is 47.3 Å². The third-order valence-electron chi connectivity index (χ3n) is 2.91. The number of ether oxygens (including phenoxy) is 1. The number of benzene rings is 1. The van der Waals surface area contributed by atoms with Crippen LogP contribution in [0.2, 0.25) is 0 Å². The van der Waals surface area contributed by atoms with Crippen LogP contribution >= 0.6 is 0 Å². The molecule has 1 aromatic heterocycles. The Morgan fingerprint density at radius 1 is 1.35 bits per heavy atom. The summed E-state index contributed by atoms with van der Waals surface area (Å²) in [5.41, 5.74) is 2.99. The van der Waals surface area contributed by atoms with Gasteiger partial charge in [-0.15, -0.1) is 0 Å². The van der Waals surface area contributed by atoms with Crippen LogP contribution in [0.4, 0.5) is 0 Å². The van der Waals surface area contributed by atoms with Crippen molar-refractivity contribution in [1.82, 2.24) is 9.78 Å². The Kier molecular flexibility index (Phi) is 2.95. The smallest absolute Gasteiger partial charge is 0.363 e. The van der Waals surface area contributed by atoms with Crippen LogP contribution in [-0.4, -0.2) is 21.6 Å². The fourth-order valence-corrected chi connectivity index (χ4v) is 1.98. The number of hydrogen-bond donors (Lipinski definition) is 0. The average molecular weight is 267 g/mol. The van der Waals surface area contributed by atoms with E-state index in [1.165, 1.54) is 0 Å². The minimum Gasteiger partial charge on any atom is -0.402 e. The summed E-state index contributed by atoms with van der Waals surface area (Å²) < 4.78 is 6.87. The quantitative estimate of drug-likeness (QED) is 0.618. The molecule has 20 heavy (non-hydrogen) atoms. The highest BCUT2D eigenvalue weighted by molar-refractivity contribution is 6.12. The average Bonchev–Trinajstić information content (AvgIpc) is 2.97. The number of aromatic nitrogens is 2. The standard InChI is InChI=1S/C15H13N3O2/c1-10-4-3-5-12(6-10)14-17-13(15(19)20-14)7-11-8-16-18(2)9-11/h3-9H,1-2H3. The maximum absolute atomic E-state index is 11.8. The van der Waals surface area contributed by atoms with Gasteiger partial charge in [0, 0.05) is 24.4 Å². The summed E-state index contributed by atoms with van der Waals surface area (Å²) >= 11 is 0. The van der Waals surface area contributed by atoms with Gasteiger partial charge in [0.15, 0.2) is 5.70 Å². The Morgan fingerprint density at radius 3 is 2.90 bits per heavy atom. The lowest BCUT2D eigenvalue weighted by Gasteiger charge is -1.99. The number of cyclic esters (lactones) is 1. The topological polar surface area (TPSA) is 56.5 Å². The lowest BCUT2D eigenvalue weighted by molar-refractivity contribution is -0.129. The van der Waals surface area contributed by atoms with Gasteiger partial charge in [0.1, 0.15) is 0 Å². The van der Waals surface area contributed by atoms with Crippen molar-refractivity contribution >= 4 is 17.9 Å². The summed E-state index contributed by atoms with van der Waals surface area (Å²) in [6.45, 7) is 1.98. The third-order valence-corrected chi connectivity index (χ3v) is 2.91. The van der Waals surface area contributed by atoms with E-state index in [0.29, 0.717) is 5.90 Å². The molecular weight excluding hydrogens is 254 g/mol. The molecule has 1 aliphatic rings. The largest absolute Gasteiger partial charge is 0.402 e. The zero-order valence-corrected chi connectivity index (χ0v) is 11.2. The highest BCUT2D eigenvalue weighted by Gasteiger charge is 2.24. The molecule has 1 aromatic carbocycles. The predicted octanol–water partition coefficient (Wildman–Crippen LogP) is 2.07. The van der Waals surface area contributed by atoms with Crippen LogP contribution in [-0.2, 0) is 16.6 Å². The Balaban J connectivity index is 1.94. The minimum absolute atomic E-state index is 0.287. The Morgan fingerprint density at radius 2 is 2.20 bits per heavy atom. The van der Waals surface area contributed by atoms with Crippen molar-refractivity contribution in [1.29, 1.82) is 0 Å². The second-order valence-corrected chi connectivity index (χ2v) is 4.65. The molecule has 1 aliphatic heterocycles. The van der Waals surface area contributed by atoms with Crippen molar-refractivity contribution in [3.8, 4) is 0 Å². The van der Waals surface area contributed by atoms with Crippen molar-refractivity contribution < 1.29 is 9.53 Å². The van der Waals surface area contributed by atoms with Gasteiger partial charge in [-0.25, -0.2) is 9.79 Å². The van der Waals surface area contributed by atoms with Gasteiger partial charge in [-0.05, 0) is 25.1 Å². The van der Waals surface area contributed by atoms with Gasteiger partial charge in [-0.2, -0.15) is 5.10 Å². The molecule has 5 heteroatoms. The fraction of sp³-hybridized carbons (Fsp3) is 0.133. The molecule has 0 saturated carbocycles. The number of carbonyl (C=O) groups excluding carboxylic acids is 1. The first-order chi connectivity index (χ1) is 9.61. The second kappa shape index (κ2) is 4.77. The van der Waals surface area contributed by atoms with E-state index in [4.69, 9.17) is 4.74 Å². The molecule has 0 unspecified atom stereocenters. The number of hydrogen-bond acceptors (Lipinski definition) is 4. The molecule has 0 spiro atoms. The van der Waals surface area contributed by atoms with Crippen LogP contribution in [0.25, 0.3) is 6.08 Å². The van der Waals surface area contributed by atoms with Crippen molar-refractivity contribution in [3.63, 3.8) is 0 Å². The summed E-state index contributed by atoms with van der Waals surface area (Å²) in [6.07, 6.45) is 5.14. The normalized spacial score (nSPS) is 16.4. The van der Waals surface area contributed by atoms with Gasteiger partial charge < -0.3 is 4.74 Å². The molecule has 100 valence electrons. The number of aliphatic imine (C=N–C) groups is 1. The Hall–Kier alpha value is -2.69. The van der Waals surface area contributed by atoms with Crippen molar-refractivity contribution in [2.24, 2.45) is 12.0 Å². The van der Waals surface area contributed by atoms with Crippen LogP contribution in [0.3, 0.4) is 0 Å². The zero-order chi connectivity index (χ0) is 14.1. The summed E-state index contributed by atoms with van der Waals surface area (Å²) in [6, 6.07) is 7.68. The maximum Gasteiger partial charge on any atom is 0.363 e. The SMILES string of the molecule is Cc1cccc(C2=NC(=Cc3cnn(C)c3)C(=O)O2)c1. The van der Waals surface area contributed by atoms with Crippen LogP contribution < -0.4 is 0 Å². The Bertz CT molecular complexity index is 741. The van der Waals surface area contributed by atoms with Crippen molar-refractivity contribution in [2.75, 3.05) is 0 Å². The van der Waals surface area contributed by atoms with Crippen LogP contribution in [0.5, 0.6) is 0 Å². The lowest BCUT2D eigenvalue weighted by Crippen LogP contribution is -2.05. The van der Waals surface area contributed by atoms with Crippen LogP contribution in [0, 0.1) is 6.92 Å². The molecule has 0 N–H and O–H groups in total. The summed E-state index contributed by atoms with van der Waals surface area (Å²) in [5, 5.41) is 4.04. The summed E-state index contributed by atoms with van der Waals surface area (Å²) in [5.74, 6) is -0.0980. The van der Waals surface area contributed by atoms with E-state index in [0.717, 1.165) is 16.7 Å². The molecule has 3 rings (SSSR count). The molecule has 0 aliphatic carbocycles. The Labute approximate surface area is 116 Å². The van der Waals surface area contributed by atoms with Crippen LogP contribution in [0.1, 0.15) is 16.7 Å². The number of carbonyl (C=O) groups is 1. The number of rotatable bonds is 2. The van der Waals surface area contributed by atoms with Gasteiger partial charge in [-0.3, -0.25) is 4.68 Å². The fourth-order valence-electron chi connectivity index (χ4n) is 1.98. The van der Waals surface area contributed by atoms with E-state index in [9.17, 15) is 4.79 Å². The molecular formula is C15H13N3O2. The van der Waals surface area contributed by atoms with E-state index in [-0.39, 0.29) is 5.70 Å². The maximum atomic E-state index is 11.8. The highest BCUT2D eigenvalue weighted by Crippen LogP contribution is 2.19. The lowest BCUT2D eigenvalue weighted by atomic mass is 10.1. The molecule has 0 saturated heterocycles. The highest BCUT2D eigenvalue weighted by atomic mass is 16.6.